The average Bonchev–Trinajstić information content (AvgIpc) is 2.64. The maximum atomic E-state index is 10.1. The van der Waals surface area contributed by atoms with E-state index in [1.807, 2.05) is 0 Å². The van der Waals surface area contributed by atoms with Gasteiger partial charge in [0.2, 0.25) is 0 Å². The molecule has 2 unspecified atom stereocenters. The van der Waals surface area contributed by atoms with Crippen LogP contribution in [0.15, 0.2) is 0 Å². The summed E-state index contributed by atoms with van der Waals surface area (Å²) < 4.78 is 0. The summed E-state index contributed by atoms with van der Waals surface area (Å²) in [6.07, 6.45) is 5.83. The first-order valence-corrected chi connectivity index (χ1v) is 6.54. The second-order valence-electron chi connectivity index (χ2n) is 5.23. The van der Waals surface area contributed by atoms with Crippen LogP contribution in [0.2, 0.25) is 0 Å². The summed E-state index contributed by atoms with van der Waals surface area (Å²) in [4.78, 5) is 0. The van der Waals surface area contributed by atoms with Crippen molar-refractivity contribution in [2.45, 2.75) is 58.5 Å². The molecule has 0 aromatic carbocycles. The molecular weight excluding hydrogens is 186 g/mol. The molecule has 1 saturated carbocycles. The van der Waals surface area contributed by atoms with E-state index >= 15 is 0 Å². The summed E-state index contributed by atoms with van der Waals surface area (Å²) in [5.74, 6) is 1.71. The van der Waals surface area contributed by atoms with Crippen LogP contribution in [0, 0.1) is 11.8 Å². The Hall–Kier alpha value is -0.0800. The van der Waals surface area contributed by atoms with E-state index in [4.69, 9.17) is 0 Å². The minimum atomic E-state index is -0.484. The molecule has 1 aliphatic rings. The van der Waals surface area contributed by atoms with E-state index < -0.39 is 5.60 Å². The molecule has 0 radical (unpaired) electrons. The number of rotatable bonds is 6. The molecule has 2 N–H and O–H groups in total. The lowest BCUT2D eigenvalue weighted by molar-refractivity contribution is 0.0315. The van der Waals surface area contributed by atoms with Crippen LogP contribution in [0.5, 0.6) is 0 Å². The zero-order chi connectivity index (χ0) is 11.3. The van der Waals surface area contributed by atoms with Gasteiger partial charge in [-0.05, 0) is 37.6 Å². The Labute approximate surface area is 94.5 Å². The molecule has 1 rings (SSSR count). The first kappa shape index (κ1) is 13.0. The Bertz CT molecular complexity index is 177. The molecule has 90 valence electrons. The average molecular weight is 213 g/mol. The van der Waals surface area contributed by atoms with E-state index in [-0.39, 0.29) is 0 Å². The van der Waals surface area contributed by atoms with Gasteiger partial charge >= 0.3 is 0 Å². The summed E-state index contributed by atoms with van der Waals surface area (Å²) in [7, 11) is 0. The molecule has 0 aliphatic heterocycles. The van der Waals surface area contributed by atoms with E-state index in [1.54, 1.807) is 0 Å². The van der Waals surface area contributed by atoms with E-state index in [9.17, 15) is 5.11 Å². The molecule has 0 spiro atoms. The van der Waals surface area contributed by atoms with Gasteiger partial charge in [0.05, 0.1) is 5.60 Å². The second-order valence-corrected chi connectivity index (χ2v) is 5.23. The second kappa shape index (κ2) is 5.86. The van der Waals surface area contributed by atoms with E-state index in [2.05, 4.69) is 26.1 Å². The van der Waals surface area contributed by atoms with Crippen LogP contribution < -0.4 is 5.32 Å². The van der Waals surface area contributed by atoms with Crippen LogP contribution in [0.4, 0.5) is 0 Å². The Balaban J connectivity index is 2.20. The number of hydrogen-bond donors (Lipinski definition) is 2. The normalized spacial score (nSPS) is 27.2. The monoisotopic (exact) mass is 213 g/mol. The first-order chi connectivity index (χ1) is 7.11. The molecule has 1 fully saturated rings. The van der Waals surface area contributed by atoms with Crippen LogP contribution >= 0.6 is 0 Å². The van der Waals surface area contributed by atoms with Gasteiger partial charge in [0, 0.05) is 6.54 Å². The highest BCUT2D eigenvalue weighted by atomic mass is 16.3. The SMILES string of the molecule is CCC(O)(CC)CNCC1CCCC1C. The van der Waals surface area contributed by atoms with Crippen LogP contribution in [-0.2, 0) is 0 Å². The third-order valence-electron chi connectivity index (χ3n) is 4.22. The predicted octanol–water partition coefficient (Wildman–Crippen LogP) is 2.56. The summed E-state index contributed by atoms with van der Waals surface area (Å²) in [6, 6.07) is 0. The molecule has 2 atom stereocenters. The fourth-order valence-corrected chi connectivity index (χ4v) is 2.52. The maximum absolute atomic E-state index is 10.1. The van der Waals surface area contributed by atoms with E-state index in [0.717, 1.165) is 37.8 Å². The topological polar surface area (TPSA) is 32.3 Å². The van der Waals surface area contributed by atoms with Crippen LogP contribution in [-0.4, -0.2) is 23.8 Å². The fraction of sp³-hybridized carbons (Fsp3) is 1.00. The third-order valence-corrected chi connectivity index (χ3v) is 4.22. The maximum Gasteiger partial charge on any atom is 0.0766 e. The van der Waals surface area contributed by atoms with Crippen molar-refractivity contribution in [3.8, 4) is 0 Å². The predicted molar refractivity (Wildman–Crippen MR) is 64.9 cm³/mol. The van der Waals surface area contributed by atoms with Crippen molar-refractivity contribution >= 4 is 0 Å². The molecule has 0 heterocycles. The molecule has 0 bridgehead atoms. The Morgan fingerprint density at radius 2 is 1.93 bits per heavy atom. The lowest BCUT2D eigenvalue weighted by atomic mass is 9.95. The lowest BCUT2D eigenvalue weighted by Gasteiger charge is -2.27. The molecular formula is C13H27NO. The quantitative estimate of drug-likeness (QED) is 0.711. The van der Waals surface area contributed by atoms with Gasteiger partial charge in [0.15, 0.2) is 0 Å². The van der Waals surface area contributed by atoms with Crippen LogP contribution in [0.1, 0.15) is 52.9 Å². The molecule has 15 heavy (non-hydrogen) atoms. The third kappa shape index (κ3) is 3.76. The summed E-state index contributed by atoms with van der Waals surface area (Å²) >= 11 is 0. The standard InChI is InChI=1S/C13H27NO/c1-4-13(15,5-2)10-14-9-12-8-6-7-11(12)3/h11-12,14-15H,4-10H2,1-3H3. The molecule has 0 amide bonds. The van der Waals surface area contributed by atoms with Crippen LogP contribution in [0.3, 0.4) is 0 Å². The van der Waals surface area contributed by atoms with Gasteiger partial charge in [0.1, 0.15) is 0 Å². The van der Waals surface area contributed by atoms with Crippen molar-refractivity contribution in [2.24, 2.45) is 11.8 Å². The molecule has 2 heteroatoms. The van der Waals surface area contributed by atoms with Crippen molar-refractivity contribution in [1.29, 1.82) is 0 Å². The molecule has 2 nitrogen and oxygen atoms in total. The summed E-state index contributed by atoms with van der Waals surface area (Å²) in [5.41, 5.74) is -0.484. The fourth-order valence-electron chi connectivity index (χ4n) is 2.52. The van der Waals surface area contributed by atoms with E-state index in [1.165, 1.54) is 19.3 Å². The highest BCUT2D eigenvalue weighted by Crippen LogP contribution is 2.30. The van der Waals surface area contributed by atoms with Crippen molar-refractivity contribution in [3.63, 3.8) is 0 Å². The van der Waals surface area contributed by atoms with Crippen molar-refractivity contribution in [3.05, 3.63) is 0 Å². The number of nitrogens with one attached hydrogen (secondary N) is 1. The van der Waals surface area contributed by atoms with Gasteiger partial charge in [-0.3, -0.25) is 0 Å². The van der Waals surface area contributed by atoms with Gasteiger partial charge in [-0.25, -0.2) is 0 Å². The zero-order valence-electron chi connectivity index (χ0n) is 10.6. The Morgan fingerprint density at radius 1 is 1.27 bits per heavy atom. The molecule has 0 aromatic rings. The largest absolute Gasteiger partial charge is 0.389 e. The summed E-state index contributed by atoms with van der Waals surface area (Å²) in [6.45, 7) is 8.31. The highest BCUT2D eigenvalue weighted by molar-refractivity contribution is 4.81. The summed E-state index contributed by atoms with van der Waals surface area (Å²) in [5, 5.41) is 13.6. The van der Waals surface area contributed by atoms with Gasteiger partial charge in [-0.15, -0.1) is 0 Å². The highest BCUT2D eigenvalue weighted by Gasteiger charge is 2.25. The molecule has 0 aromatic heterocycles. The van der Waals surface area contributed by atoms with E-state index in [0.29, 0.717) is 0 Å². The van der Waals surface area contributed by atoms with Gasteiger partial charge in [-0.2, -0.15) is 0 Å². The zero-order valence-corrected chi connectivity index (χ0v) is 10.6. The van der Waals surface area contributed by atoms with Crippen molar-refractivity contribution in [1.82, 2.24) is 5.32 Å². The minimum absolute atomic E-state index is 0.484. The first-order valence-electron chi connectivity index (χ1n) is 6.54. The lowest BCUT2D eigenvalue weighted by Crippen LogP contribution is -2.41. The van der Waals surface area contributed by atoms with Crippen molar-refractivity contribution in [2.75, 3.05) is 13.1 Å². The van der Waals surface area contributed by atoms with Crippen LogP contribution in [0.25, 0.3) is 0 Å². The Kier molecular flexibility index (Phi) is 5.07. The van der Waals surface area contributed by atoms with Gasteiger partial charge in [-0.1, -0.05) is 33.6 Å². The van der Waals surface area contributed by atoms with Gasteiger partial charge < -0.3 is 10.4 Å². The molecule has 1 aliphatic carbocycles. The molecule has 0 saturated heterocycles. The Morgan fingerprint density at radius 3 is 2.40 bits per heavy atom. The smallest absolute Gasteiger partial charge is 0.0766 e. The number of hydrogen-bond acceptors (Lipinski definition) is 2. The van der Waals surface area contributed by atoms with Crippen molar-refractivity contribution < 1.29 is 5.11 Å². The van der Waals surface area contributed by atoms with Gasteiger partial charge in [0.25, 0.3) is 0 Å². The number of aliphatic hydroxyl groups is 1. The minimum Gasteiger partial charge on any atom is -0.389 e.